The third-order valence-corrected chi connectivity index (χ3v) is 6.35. The molecule has 0 radical (unpaired) electrons. The van der Waals surface area contributed by atoms with Gasteiger partial charge in [0.2, 0.25) is 0 Å². The van der Waals surface area contributed by atoms with Crippen LogP contribution in [0.2, 0.25) is 0 Å². The molecule has 1 aliphatic heterocycles. The summed E-state index contributed by atoms with van der Waals surface area (Å²) in [7, 11) is 0. The fourth-order valence-corrected chi connectivity index (χ4v) is 4.64. The standard InChI is InChI=1S/C31H30FNO3/c1-31(2,3)36-29-14-12-28(13-15-29)35-20-27-18-25-17-26(32)11-10-24(25)19-33(27)30(34)23-9-8-21-6-4-5-7-22(21)16-23/h4-17,27H,18-20H2,1-3H3. The second-order valence-corrected chi connectivity index (χ2v) is 10.3. The van der Waals surface area contributed by atoms with Crippen LogP contribution in [-0.2, 0) is 13.0 Å². The number of fused-ring (bicyclic) bond motifs is 2. The topological polar surface area (TPSA) is 38.8 Å². The molecule has 4 aromatic rings. The Kier molecular flexibility index (Phi) is 6.40. The summed E-state index contributed by atoms with van der Waals surface area (Å²) in [6.45, 7) is 6.72. The van der Waals surface area contributed by atoms with Crippen molar-refractivity contribution in [2.75, 3.05) is 6.61 Å². The Morgan fingerprint density at radius 1 is 0.889 bits per heavy atom. The molecule has 1 heterocycles. The van der Waals surface area contributed by atoms with Gasteiger partial charge in [-0.05, 0) is 97.6 Å². The van der Waals surface area contributed by atoms with Gasteiger partial charge in [-0.1, -0.05) is 36.4 Å². The lowest BCUT2D eigenvalue weighted by molar-refractivity contribution is 0.0566. The number of hydrogen-bond acceptors (Lipinski definition) is 3. The van der Waals surface area contributed by atoms with Crippen molar-refractivity contribution >= 4 is 16.7 Å². The van der Waals surface area contributed by atoms with Gasteiger partial charge in [-0.15, -0.1) is 0 Å². The predicted octanol–water partition coefficient (Wildman–Crippen LogP) is 6.80. The largest absolute Gasteiger partial charge is 0.491 e. The molecule has 4 aromatic carbocycles. The zero-order valence-corrected chi connectivity index (χ0v) is 20.8. The molecule has 0 saturated carbocycles. The van der Waals surface area contributed by atoms with Crippen molar-refractivity contribution in [1.29, 1.82) is 0 Å². The SMILES string of the molecule is CC(C)(C)Oc1ccc(OCC2Cc3cc(F)ccc3CN2C(=O)c2ccc3ccccc3c2)cc1. The molecule has 0 spiro atoms. The smallest absolute Gasteiger partial charge is 0.254 e. The van der Waals surface area contributed by atoms with Crippen LogP contribution in [0, 0.1) is 5.82 Å². The zero-order chi connectivity index (χ0) is 25.3. The number of carbonyl (C=O) groups excluding carboxylic acids is 1. The van der Waals surface area contributed by atoms with Gasteiger partial charge in [0.1, 0.15) is 29.5 Å². The summed E-state index contributed by atoms with van der Waals surface area (Å²) < 4.78 is 26.0. The minimum absolute atomic E-state index is 0.0572. The van der Waals surface area contributed by atoms with Crippen molar-refractivity contribution in [2.45, 2.75) is 45.4 Å². The number of ether oxygens (including phenoxy) is 2. The lowest BCUT2D eigenvalue weighted by Gasteiger charge is -2.37. The molecule has 0 aromatic heterocycles. The highest BCUT2D eigenvalue weighted by Crippen LogP contribution is 2.28. The lowest BCUT2D eigenvalue weighted by atomic mass is 9.93. The maximum Gasteiger partial charge on any atom is 0.254 e. The molecule has 36 heavy (non-hydrogen) atoms. The van der Waals surface area contributed by atoms with E-state index in [9.17, 15) is 9.18 Å². The molecule has 0 aliphatic carbocycles. The van der Waals surface area contributed by atoms with Crippen LogP contribution >= 0.6 is 0 Å². The van der Waals surface area contributed by atoms with E-state index in [2.05, 4.69) is 0 Å². The minimum Gasteiger partial charge on any atom is -0.491 e. The van der Waals surface area contributed by atoms with Gasteiger partial charge < -0.3 is 14.4 Å². The van der Waals surface area contributed by atoms with Crippen LogP contribution in [0.3, 0.4) is 0 Å². The number of halogens is 1. The average Bonchev–Trinajstić information content (AvgIpc) is 2.86. The van der Waals surface area contributed by atoms with Crippen LogP contribution in [0.5, 0.6) is 11.5 Å². The first kappa shape index (κ1) is 23.9. The maximum absolute atomic E-state index is 14.0. The Labute approximate surface area is 211 Å². The first-order valence-electron chi connectivity index (χ1n) is 12.2. The fourth-order valence-electron chi connectivity index (χ4n) is 4.64. The molecule has 5 rings (SSSR count). The molecule has 0 fully saturated rings. The third kappa shape index (κ3) is 5.35. The Hall–Kier alpha value is -3.86. The van der Waals surface area contributed by atoms with Crippen molar-refractivity contribution in [3.8, 4) is 11.5 Å². The van der Waals surface area contributed by atoms with E-state index in [4.69, 9.17) is 9.47 Å². The number of amides is 1. The Morgan fingerprint density at radius 3 is 2.36 bits per heavy atom. The van der Waals surface area contributed by atoms with E-state index in [-0.39, 0.29) is 23.4 Å². The highest BCUT2D eigenvalue weighted by atomic mass is 19.1. The summed E-state index contributed by atoms with van der Waals surface area (Å²) >= 11 is 0. The van der Waals surface area contributed by atoms with Gasteiger partial charge in [-0.3, -0.25) is 4.79 Å². The normalized spacial score (nSPS) is 15.4. The Bertz CT molecular complexity index is 1390. The van der Waals surface area contributed by atoms with Gasteiger partial charge >= 0.3 is 0 Å². The molecular formula is C31H30FNO3. The van der Waals surface area contributed by atoms with Gasteiger partial charge in [-0.2, -0.15) is 0 Å². The minimum atomic E-state index is -0.281. The van der Waals surface area contributed by atoms with E-state index in [1.54, 1.807) is 12.1 Å². The van der Waals surface area contributed by atoms with Gasteiger partial charge in [0.05, 0.1) is 6.04 Å². The number of nitrogens with zero attached hydrogens (tertiary/aromatic N) is 1. The molecule has 1 atom stereocenters. The summed E-state index contributed by atoms with van der Waals surface area (Å²) in [6.07, 6.45) is 0.525. The molecule has 4 nitrogen and oxygen atoms in total. The molecule has 5 heteroatoms. The molecule has 0 bridgehead atoms. The predicted molar refractivity (Wildman–Crippen MR) is 140 cm³/mol. The van der Waals surface area contributed by atoms with E-state index >= 15 is 0 Å². The van der Waals surface area contributed by atoms with E-state index in [0.717, 1.165) is 27.6 Å². The fraction of sp³-hybridized carbons (Fsp3) is 0.258. The number of rotatable bonds is 5. The Morgan fingerprint density at radius 2 is 1.61 bits per heavy atom. The van der Waals surface area contributed by atoms with Crippen LogP contribution in [0.15, 0.2) is 84.9 Å². The molecule has 184 valence electrons. The van der Waals surface area contributed by atoms with Gasteiger partial charge in [0, 0.05) is 12.1 Å². The third-order valence-electron chi connectivity index (χ3n) is 6.35. The molecule has 1 unspecified atom stereocenters. The first-order chi connectivity index (χ1) is 17.2. The van der Waals surface area contributed by atoms with Crippen molar-refractivity contribution in [3.05, 3.63) is 107 Å². The van der Waals surface area contributed by atoms with Crippen molar-refractivity contribution in [1.82, 2.24) is 4.90 Å². The number of benzene rings is 4. The van der Waals surface area contributed by atoms with Crippen LogP contribution in [-0.4, -0.2) is 29.1 Å². The first-order valence-corrected chi connectivity index (χ1v) is 12.2. The van der Waals surface area contributed by atoms with Crippen LogP contribution in [0.25, 0.3) is 10.8 Å². The van der Waals surface area contributed by atoms with E-state index in [0.29, 0.717) is 30.9 Å². The second kappa shape index (κ2) is 9.65. The molecule has 1 aliphatic rings. The molecule has 0 saturated heterocycles. The van der Waals surface area contributed by atoms with Crippen molar-refractivity contribution in [2.24, 2.45) is 0 Å². The van der Waals surface area contributed by atoms with Gasteiger partial charge in [0.25, 0.3) is 5.91 Å². The number of hydrogen-bond donors (Lipinski definition) is 0. The van der Waals surface area contributed by atoms with Crippen molar-refractivity contribution in [3.63, 3.8) is 0 Å². The zero-order valence-electron chi connectivity index (χ0n) is 20.8. The lowest BCUT2D eigenvalue weighted by Crippen LogP contribution is -2.47. The van der Waals surface area contributed by atoms with Crippen molar-refractivity contribution < 1.29 is 18.7 Å². The second-order valence-electron chi connectivity index (χ2n) is 10.3. The average molecular weight is 484 g/mol. The monoisotopic (exact) mass is 483 g/mol. The summed E-state index contributed by atoms with van der Waals surface area (Å²) in [4.78, 5) is 15.5. The quantitative estimate of drug-likeness (QED) is 0.313. The summed E-state index contributed by atoms with van der Waals surface area (Å²) in [6, 6.07) is 25.8. The summed E-state index contributed by atoms with van der Waals surface area (Å²) in [5.41, 5.74) is 2.23. The van der Waals surface area contributed by atoms with E-state index < -0.39 is 0 Å². The highest BCUT2D eigenvalue weighted by molar-refractivity contribution is 5.98. The van der Waals surface area contributed by atoms with Crippen LogP contribution < -0.4 is 9.47 Å². The highest BCUT2D eigenvalue weighted by Gasteiger charge is 2.31. The Balaban J connectivity index is 1.38. The van der Waals surface area contributed by atoms with Gasteiger partial charge in [-0.25, -0.2) is 4.39 Å². The van der Waals surface area contributed by atoms with Crippen LogP contribution in [0.1, 0.15) is 42.3 Å². The summed E-state index contributed by atoms with van der Waals surface area (Å²) in [5.74, 6) is 1.14. The van der Waals surface area contributed by atoms with Gasteiger partial charge in [0.15, 0.2) is 0 Å². The maximum atomic E-state index is 14.0. The molecular weight excluding hydrogens is 453 g/mol. The van der Waals surface area contributed by atoms with E-state index in [1.165, 1.54) is 6.07 Å². The summed E-state index contributed by atoms with van der Waals surface area (Å²) in [5, 5.41) is 2.11. The molecule has 0 N–H and O–H groups in total. The molecule has 1 amide bonds. The number of carbonyl (C=O) groups is 1. The van der Waals surface area contributed by atoms with Crippen LogP contribution in [0.4, 0.5) is 4.39 Å². The van der Waals surface area contributed by atoms with E-state index in [1.807, 2.05) is 92.4 Å².